The second-order valence-corrected chi connectivity index (χ2v) is 6.15. The average Bonchev–Trinajstić information content (AvgIpc) is 2.59. The molecular formula is C15H24BNO3. The highest BCUT2D eigenvalue weighted by Crippen LogP contribution is 2.36. The predicted molar refractivity (Wildman–Crippen MR) is 81.3 cm³/mol. The van der Waals surface area contributed by atoms with Crippen molar-refractivity contribution in [2.45, 2.75) is 45.3 Å². The van der Waals surface area contributed by atoms with Gasteiger partial charge in [-0.2, -0.15) is 0 Å². The van der Waals surface area contributed by atoms with E-state index in [-0.39, 0.29) is 18.3 Å². The average molecular weight is 277 g/mol. The fraction of sp³-hybridized carbons (Fsp3) is 0.600. The lowest BCUT2D eigenvalue weighted by molar-refractivity contribution is 0.00578. The number of hydrogen-bond acceptors (Lipinski definition) is 4. The SMILES string of the molecule is CC1(C)OB(c2cccc(OCCCN)c2)OC1(C)C. The molecule has 2 N–H and O–H groups in total. The molecule has 1 fully saturated rings. The summed E-state index contributed by atoms with van der Waals surface area (Å²) in [4.78, 5) is 0. The van der Waals surface area contributed by atoms with Crippen LogP contribution in [0.5, 0.6) is 5.75 Å². The predicted octanol–water partition coefficient (Wildman–Crippen LogP) is 1.71. The van der Waals surface area contributed by atoms with Gasteiger partial charge in [-0.3, -0.25) is 0 Å². The van der Waals surface area contributed by atoms with E-state index >= 15 is 0 Å². The molecule has 1 aliphatic heterocycles. The second kappa shape index (κ2) is 5.76. The minimum atomic E-state index is -0.349. The molecular weight excluding hydrogens is 253 g/mol. The van der Waals surface area contributed by atoms with Crippen LogP contribution in [0.2, 0.25) is 0 Å². The van der Waals surface area contributed by atoms with Gasteiger partial charge < -0.3 is 19.8 Å². The van der Waals surface area contributed by atoms with Crippen LogP contribution in [0.3, 0.4) is 0 Å². The van der Waals surface area contributed by atoms with Gasteiger partial charge in [-0.25, -0.2) is 0 Å². The van der Waals surface area contributed by atoms with Gasteiger partial charge in [0.25, 0.3) is 0 Å². The van der Waals surface area contributed by atoms with Crippen LogP contribution >= 0.6 is 0 Å². The highest BCUT2D eigenvalue weighted by Gasteiger charge is 2.51. The Morgan fingerprint density at radius 3 is 2.40 bits per heavy atom. The van der Waals surface area contributed by atoms with Crippen molar-refractivity contribution >= 4 is 12.6 Å². The van der Waals surface area contributed by atoms with Crippen LogP contribution < -0.4 is 15.9 Å². The van der Waals surface area contributed by atoms with Gasteiger partial charge in [0.2, 0.25) is 0 Å². The first-order chi connectivity index (χ1) is 9.36. The molecule has 0 unspecified atom stereocenters. The number of ether oxygens (including phenoxy) is 1. The molecule has 1 saturated heterocycles. The monoisotopic (exact) mass is 277 g/mol. The normalized spacial score (nSPS) is 20.1. The molecule has 0 bridgehead atoms. The Labute approximate surface area is 121 Å². The molecule has 4 nitrogen and oxygen atoms in total. The van der Waals surface area contributed by atoms with Crippen molar-refractivity contribution in [1.82, 2.24) is 0 Å². The summed E-state index contributed by atoms with van der Waals surface area (Å²) in [6, 6.07) is 7.86. The van der Waals surface area contributed by atoms with Crippen LogP contribution in [0.1, 0.15) is 34.1 Å². The Kier molecular flexibility index (Phi) is 4.42. The Hall–Kier alpha value is -1.04. The zero-order chi connectivity index (χ0) is 14.8. The van der Waals surface area contributed by atoms with Crippen molar-refractivity contribution < 1.29 is 14.0 Å². The fourth-order valence-electron chi connectivity index (χ4n) is 2.00. The molecule has 1 heterocycles. The molecule has 0 radical (unpaired) electrons. The summed E-state index contributed by atoms with van der Waals surface area (Å²) >= 11 is 0. The van der Waals surface area contributed by atoms with Gasteiger partial charge in [-0.05, 0) is 58.3 Å². The van der Waals surface area contributed by atoms with Crippen LogP contribution in [0.15, 0.2) is 24.3 Å². The maximum absolute atomic E-state index is 6.03. The minimum Gasteiger partial charge on any atom is -0.494 e. The third kappa shape index (κ3) is 3.16. The van der Waals surface area contributed by atoms with Crippen LogP contribution in [-0.4, -0.2) is 31.5 Å². The van der Waals surface area contributed by atoms with Gasteiger partial charge in [0.1, 0.15) is 5.75 Å². The van der Waals surface area contributed by atoms with Crippen molar-refractivity contribution in [2.24, 2.45) is 5.73 Å². The highest BCUT2D eigenvalue weighted by atomic mass is 16.7. The lowest BCUT2D eigenvalue weighted by Crippen LogP contribution is -2.41. The molecule has 110 valence electrons. The van der Waals surface area contributed by atoms with Crippen molar-refractivity contribution in [3.8, 4) is 5.75 Å². The summed E-state index contributed by atoms with van der Waals surface area (Å²) in [5.41, 5.74) is 5.79. The summed E-state index contributed by atoms with van der Waals surface area (Å²) in [5, 5.41) is 0. The maximum Gasteiger partial charge on any atom is 0.494 e. The topological polar surface area (TPSA) is 53.7 Å². The Bertz CT molecular complexity index is 446. The maximum atomic E-state index is 6.03. The standard InChI is InChI=1S/C15H24BNO3/c1-14(2)15(3,4)20-16(19-14)12-7-5-8-13(11-12)18-10-6-9-17/h5,7-8,11H,6,9-10,17H2,1-4H3. The smallest absolute Gasteiger partial charge is 0.494 e. The first-order valence-electron chi connectivity index (χ1n) is 7.14. The van der Waals surface area contributed by atoms with Gasteiger partial charge in [-0.1, -0.05) is 12.1 Å². The number of hydrogen-bond donors (Lipinski definition) is 1. The Morgan fingerprint density at radius 1 is 1.15 bits per heavy atom. The van der Waals surface area contributed by atoms with E-state index in [2.05, 4.69) is 27.7 Å². The third-order valence-corrected chi connectivity index (χ3v) is 4.00. The Balaban J connectivity index is 2.09. The summed E-state index contributed by atoms with van der Waals surface area (Å²) in [7, 11) is -0.349. The van der Waals surface area contributed by atoms with Crippen LogP contribution in [0.4, 0.5) is 0 Å². The van der Waals surface area contributed by atoms with Gasteiger partial charge in [0.05, 0.1) is 17.8 Å². The number of rotatable bonds is 5. The lowest BCUT2D eigenvalue weighted by atomic mass is 9.79. The van der Waals surface area contributed by atoms with E-state index in [0.717, 1.165) is 17.6 Å². The highest BCUT2D eigenvalue weighted by molar-refractivity contribution is 6.62. The number of benzene rings is 1. The van der Waals surface area contributed by atoms with Gasteiger partial charge in [0, 0.05) is 0 Å². The molecule has 5 heteroatoms. The first kappa shape index (κ1) is 15.4. The van der Waals surface area contributed by atoms with Gasteiger partial charge >= 0.3 is 7.12 Å². The van der Waals surface area contributed by atoms with Crippen molar-refractivity contribution in [3.63, 3.8) is 0 Å². The van der Waals surface area contributed by atoms with Crippen LogP contribution in [-0.2, 0) is 9.31 Å². The molecule has 0 spiro atoms. The summed E-state index contributed by atoms with van der Waals surface area (Å²) in [6.07, 6.45) is 0.848. The molecule has 20 heavy (non-hydrogen) atoms. The van der Waals surface area contributed by atoms with Crippen LogP contribution in [0.25, 0.3) is 0 Å². The number of nitrogens with two attached hydrogens (primary N) is 1. The van der Waals surface area contributed by atoms with Crippen molar-refractivity contribution in [1.29, 1.82) is 0 Å². The van der Waals surface area contributed by atoms with Crippen LogP contribution in [0, 0.1) is 0 Å². The first-order valence-corrected chi connectivity index (χ1v) is 7.14. The minimum absolute atomic E-state index is 0.325. The van der Waals surface area contributed by atoms with E-state index in [1.165, 1.54) is 0 Å². The molecule has 1 aromatic rings. The molecule has 0 amide bonds. The van der Waals surface area contributed by atoms with Crippen molar-refractivity contribution in [3.05, 3.63) is 24.3 Å². The summed E-state index contributed by atoms with van der Waals surface area (Å²) in [6.45, 7) is 9.46. The van der Waals surface area contributed by atoms with E-state index in [1.54, 1.807) is 0 Å². The zero-order valence-electron chi connectivity index (χ0n) is 12.8. The van der Waals surface area contributed by atoms with E-state index < -0.39 is 0 Å². The van der Waals surface area contributed by atoms with Gasteiger partial charge in [-0.15, -0.1) is 0 Å². The quantitative estimate of drug-likeness (QED) is 0.657. The second-order valence-electron chi connectivity index (χ2n) is 6.15. The van der Waals surface area contributed by atoms with E-state index in [1.807, 2.05) is 24.3 Å². The van der Waals surface area contributed by atoms with E-state index in [4.69, 9.17) is 19.8 Å². The Morgan fingerprint density at radius 2 is 1.80 bits per heavy atom. The fourth-order valence-corrected chi connectivity index (χ4v) is 2.00. The zero-order valence-corrected chi connectivity index (χ0v) is 12.8. The lowest BCUT2D eigenvalue weighted by Gasteiger charge is -2.32. The molecule has 0 atom stereocenters. The van der Waals surface area contributed by atoms with E-state index in [0.29, 0.717) is 13.2 Å². The third-order valence-electron chi connectivity index (χ3n) is 4.00. The summed E-state index contributed by atoms with van der Waals surface area (Å²) in [5.74, 6) is 0.825. The molecule has 0 aromatic heterocycles. The molecule has 1 aromatic carbocycles. The molecule has 0 saturated carbocycles. The van der Waals surface area contributed by atoms with Crippen molar-refractivity contribution in [2.75, 3.05) is 13.2 Å². The molecule has 2 rings (SSSR count). The van der Waals surface area contributed by atoms with E-state index in [9.17, 15) is 0 Å². The van der Waals surface area contributed by atoms with Gasteiger partial charge in [0.15, 0.2) is 0 Å². The molecule has 0 aliphatic carbocycles. The largest absolute Gasteiger partial charge is 0.494 e. The molecule has 1 aliphatic rings. The summed E-state index contributed by atoms with van der Waals surface area (Å²) < 4.78 is 17.7.